The molecule has 0 unspecified atom stereocenters. The van der Waals surface area contributed by atoms with Crippen LogP contribution in [0.4, 0.5) is 0 Å². The molecule has 7 rings (SSSR count). The summed E-state index contributed by atoms with van der Waals surface area (Å²) in [4.78, 5) is 0. The molecule has 0 bridgehead atoms. The molecule has 7 aromatic rings. The van der Waals surface area contributed by atoms with E-state index in [0.717, 1.165) is 27.5 Å². The summed E-state index contributed by atoms with van der Waals surface area (Å²) >= 11 is 0. The van der Waals surface area contributed by atoms with Crippen molar-refractivity contribution in [2.24, 2.45) is 0 Å². The van der Waals surface area contributed by atoms with Crippen LogP contribution in [0.2, 0.25) is 0 Å². The quantitative estimate of drug-likeness (QED) is 0.247. The van der Waals surface area contributed by atoms with Gasteiger partial charge in [-0.3, -0.25) is 0 Å². The topological polar surface area (TPSA) is 13.1 Å². The van der Waals surface area contributed by atoms with Gasteiger partial charge >= 0.3 is 0 Å². The van der Waals surface area contributed by atoms with E-state index in [-0.39, 0.29) is 0 Å². The van der Waals surface area contributed by atoms with Gasteiger partial charge in [0.15, 0.2) is 0 Å². The first-order valence-corrected chi connectivity index (χ1v) is 11.0. The SMILES string of the molecule is Cc1ccc2c3ccc(-c4cccc5c4oc4ccccc45)cc3c3ccccc3c2c1. The van der Waals surface area contributed by atoms with Gasteiger partial charge in [-0.15, -0.1) is 0 Å². The number of fused-ring (bicyclic) bond motifs is 9. The van der Waals surface area contributed by atoms with Crippen LogP contribution >= 0.6 is 0 Å². The molecule has 0 aliphatic rings. The van der Waals surface area contributed by atoms with Gasteiger partial charge in [0.2, 0.25) is 0 Å². The second-order valence-electron chi connectivity index (χ2n) is 8.64. The molecule has 0 aliphatic heterocycles. The molecule has 1 nitrogen and oxygen atoms in total. The lowest BCUT2D eigenvalue weighted by Gasteiger charge is -2.13. The summed E-state index contributed by atoms with van der Waals surface area (Å²) in [5.41, 5.74) is 5.49. The van der Waals surface area contributed by atoms with Gasteiger partial charge in [-0.2, -0.15) is 0 Å². The zero-order valence-electron chi connectivity index (χ0n) is 17.7. The summed E-state index contributed by atoms with van der Waals surface area (Å²) in [5, 5.41) is 10.1. The lowest BCUT2D eigenvalue weighted by atomic mass is 9.91. The maximum Gasteiger partial charge on any atom is 0.143 e. The molecule has 6 aromatic carbocycles. The van der Waals surface area contributed by atoms with Crippen molar-refractivity contribution in [1.82, 2.24) is 0 Å². The highest BCUT2D eigenvalue weighted by atomic mass is 16.3. The first-order chi connectivity index (χ1) is 15.8. The second-order valence-corrected chi connectivity index (χ2v) is 8.64. The van der Waals surface area contributed by atoms with Crippen LogP contribution in [0.25, 0.3) is 65.4 Å². The lowest BCUT2D eigenvalue weighted by Crippen LogP contribution is -1.86. The van der Waals surface area contributed by atoms with Crippen LogP contribution in [0, 0.1) is 6.92 Å². The second kappa shape index (κ2) is 6.45. The number of hydrogen-bond acceptors (Lipinski definition) is 1. The predicted molar refractivity (Wildman–Crippen MR) is 136 cm³/mol. The van der Waals surface area contributed by atoms with Gasteiger partial charge in [0.25, 0.3) is 0 Å². The number of rotatable bonds is 1. The van der Waals surface area contributed by atoms with E-state index in [9.17, 15) is 0 Å². The number of aryl methyl sites for hydroxylation is 1. The Hall–Kier alpha value is -4.10. The molecule has 0 atom stereocenters. The van der Waals surface area contributed by atoms with E-state index in [4.69, 9.17) is 4.42 Å². The molecular formula is C31H20O. The number of furan rings is 1. The van der Waals surface area contributed by atoms with E-state index in [1.807, 2.05) is 12.1 Å². The molecule has 0 aliphatic carbocycles. The molecule has 150 valence electrons. The molecule has 0 N–H and O–H groups in total. The summed E-state index contributed by atoms with van der Waals surface area (Å²) in [6.07, 6.45) is 0. The van der Waals surface area contributed by atoms with Gasteiger partial charge in [0, 0.05) is 16.3 Å². The van der Waals surface area contributed by atoms with Crippen molar-refractivity contribution < 1.29 is 4.42 Å². The highest BCUT2D eigenvalue weighted by Crippen LogP contribution is 2.40. The fourth-order valence-electron chi connectivity index (χ4n) is 5.21. The maximum absolute atomic E-state index is 6.32. The lowest BCUT2D eigenvalue weighted by molar-refractivity contribution is 0.670. The van der Waals surface area contributed by atoms with Crippen molar-refractivity contribution in [3.05, 3.63) is 109 Å². The van der Waals surface area contributed by atoms with Crippen molar-refractivity contribution in [3.8, 4) is 11.1 Å². The van der Waals surface area contributed by atoms with Gasteiger partial charge in [-0.05, 0) is 56.9 Å². The molecule has 0 saturated carbocycles. The van der Waals surface area contributed by atoms with Crippen molar-refractivity contribution in [3.63, 3.8) is 0 Å². The minimum Gasteiger partial charge on any atom is -0.455 e. The van der Waals surface area contributed by atoms with E-state index in [0.29, 0.717) is 0 Å². The molecule has 1 heterocycles. The van der Waals surface area contributed by atoms with Gasteiger partial charge in [-0.25, -0.2) is 0 Å². The third kappa shape index (κ3) is 2.39. The molecule has 1 aromatic heterocycles. The molecule has 0 amide bonds. The third-order valence-electron chi connectivity index (χ3n) is 6.71. The zero-order valence-corrected chi connectivity index (χ0v) is 17.7. The summed E-state index contributed by atoms with van der Waals surface area (Å²) in [7, 11) is 0. The molecule has 0 spiro atoms. The summed E-state index contributed by atoms with van der Waals surface area (Å²) in [6, 6.07) is 37.1. The van der Waals surface area contributed by atoms with Gasteiger partial charge < -0.3 is 4.42 Å². The normalized spacial score (nSPS) is 11.9. The molecule has 0 radical (unpaired) electrons. The summed E-state index contributed by atoms with van der Waals surface area (Å²) in [5.74, 6) is 0. The van der Waals surface area contributed by atoms with E-state index in [1.165, 1.54) is 43.4 Å². The Labute approximate surface area is 185 Å². The van der Waals surface area contributed by atoms with Crippen LogP contribution in [-0.4, -0.2) is 0 Å². The van der Waals surface area contributed by atoms with E-state index < -0.39 is 0 Å². The van der Waals surface area contributed by atoms with Crippen LogP contribution in [0.3, 0.4) is 0 Å². The highest BCUT2D eigenvalue weighted by molar-refractivity contribution is 6.26. The standard InChI is InChI=1S/C31H20O/c1-19-13-15-24-25-16-14-20(18-29(25)23-8-3-2-7-22(23)28(24)17-19)21-10-6-11-27-26-9-4-5-12-30(26)32-31(21)27/h2-18H,1H3. The first-order valence-electron chi connectivity index (χ1n) is 11.0. The van der Waals surface area contributed by atoms with E-state index in [1.54, 1.807) is 0 Å². The summed E-state index contributed by atoms with van der Waals surface area (Å²) < 4.78 is 6.32. The van der Waals surface area contributed by atoms with E-state index in [2.05, 4.69) is 97.9 Å². The number of hydrogen-bond donors (Lipinski definition) is 0. The number of para-hydroxylation sites is 2. The monoisotopic (exact) mass is 408 g/mol. The van der Waals surface area contributed by atoms with Crippen LogP contribution in [0.1, 0.15) is 5.56 Å². The average Bonchev–Trinajstić information content (AvgIpc) is 3.23. The largest absolute Gasteiger partial charge is 0.455 e. The summed E-state index contributed by atoms with van der Waals surface area (Å²) in [6.45, 7) is 2.16. The zero-order chi connectivity index (χ0) is 21.2. The van der Waals surface area contributed by atoms with Crippen LogP contribution in [-0.2, 0) is 0 Å². The van der Waals surface area contributed by atoms with Crippen molar-refractivity contribution in [2.75, 3.05) is 0 Å². The Bertz CT molecular complexity index is 1810. The molecular weight excluding hydrogens is 388 g/mol. The molecule has 1 heteroatoms. The van der Waals surface area contributed by atoms with Gasteiger partial charge in [0.1, 0.15) is 11.2 Å². The van der Waals surface area contributed by atoms with Gasteiger partial charge in [-0.1, -0.05) is 96.6 Å². The molecule has 0 fully saturated rings. The van der Waals surface area contributed by atoms with Crippen LogP contribution in [0.15, 0.2) is 108 Å². The van der Waals surface area contributed by atoms with Crippen LogP contribution < -0.4 is 0 Å². The smallest absolute Gasteiger partial charge is 0.143 e. The van der Waals surface area contributed by atoms with Crippen LogP contribution in [0.5, 0.6) is 0 Å². The fraction of sp³-hybridized carbons (Fsp3) is 0.0323. The highest BCUT2D eigenvalue weighted by Gasteiger charge is 2.14. The van der Waals surface area contributed by atoms with Crippen molar-refractivity contribution in [1.29, 1.82) is 0 Å². The van der Waals surface area contributed by atoms with Crippen molar-refractivity contribution in [2.45, 2.75) is 6.92 Å². The third-order valence-corrected chi connectivity index (χ3v) is 6.71. The minimum absolute atomic E-state index is 0.933. The van der Waals surface area contributed by atoms with E-state index >= 15 is 0 Å². The predicted octanol–water partition coefficient (Wildman–Crippen LogP) is 9.02. The first kappa shape index (κ1) is 17.6. The Balaban J connectivity index is 1.59. The Morgan fingerprint density at radius 1 is 0.469 bits per heavy atom. The number of benzene rings is 6. The fourth-order valence-corrected chi connectivity index (χ4v) is 5.21. The Morgan fingerprint density at radius 2 is 1.09 bits per heavy atom. The molecule has 0 saturated heterocycles. The van der Waals surface area contributed by atoms with Gasteiger partial charge in [0.05, 0.1) is 0 Å². The minimum atomic E-state index is 0.933. The van der Waals surface area contributed by atoms with Crippen molar-refractivity contribution >= 4 is 54.3 Å². The Morgan fingerprint density at radius 3 is 1.91 bits per heavy atom. The maximum atomic E-state index is 6.32. The Kier molecular flexibility index (Phi) is 3.54. The molecule has 32 heavy (non-hydrogen) atoms. The average molecular weight is 409 g/mol.